The minimum atomic E-state index is 0.217. The first kappa shape index (κ1) is 14.3. The Morgan fingerprint density at radius 3 is 2.76 bits per heavy atom. The molecule has 0 bridgehead atoms. The van der Waals surface area contributed by atoms with E-state index in [0.29, 0.717) is 6.42 Å². The zero-order valence-corrected chi connectivity index (χ0v) is 13.1. The Labute approximate surface area is 126 Å². The van der Waals surface area contributed by atoms with Crippen molar-refractivity contribution in [2.45, 2.75) is 58.9 Å². The molecule has 3 heteroatoms. The maximum atomic E-state index is 12.0. The van der Waals surface area contributed by atoms with Gasteiger partial charge in [-0.05, 0) is 43.4 Å². The summed E-state index contributed by atoms with van der Waals surface area (Å²) < 4.78 is 2.09. The maximum Gasteiger partial charge on any atom is 0.162 e. The minimum absolute atomic E-state index is 0.217. The van der Waals surface area contributed by atoms with Gasteiger partial charge in [0.2, 0.25) is 0 Å². The van der Waals surface area contributed by atoms with Crippen LogP contribution in [0.5, 0.6) is 0 Å². The molecule has 1 aromatic carbocycles. The number of rotatable bonds is 4. The Morgan fingerprint density at radius 2 is 2.05 bits per heavy atom. The average Bonchev–Trinajstić information content (AvgIpc) is 2.91. The number of hydrogen-bond donors (Lipinski definition) is 0. The van der Waals surface area contributed by atoms with Gasteiger partial charge < -0.3 is 0 Å². The van der Waals surface area contributed by atoms with Crippen LogP contribution in [0.1, 0.15) is 61.4 Å². The largest absolute Gasteiger partial charge is 0.294 e. The van der Waals surface area contributed by atoms with Gasteiger partial charge >= 0.3 is 0 Å². The molecule has 1 heterocycles. The van der Waals surface area contributed by atoms with Crippen LogP contribution >= 0.6 is 0 Å². The first-order valence-electron chi connectivity index (χ1n) is 8.19. The summed E-state index contributed by atoms with van der Waals surface area (Å²) in [5.74, 6) is 0.986. The van der Waals surface area contributed by atoms with E-state index in [1.54, 1.807) is 0 Å². The fraction of sp³-hybridized carbons (Fsp3) is 0.556. The third-order valence-electron chi connectivity index (χ3n) is 4.80. The summed E-state index contributed by atoms with van der Waals surface area (Å²) >= 11 is 0. The lowest BCUT2D eigenvalue weighted by Gasteiger charge is -2.21. The molecule has 0 saturated heterocycles. The van der Waals surface area contributed by atoms with E-state index in [4.69, 9.17) is 5.10 Å². The maximum absolute atomic E-state index is 12.0. The highest BCUT2D eigenvalue weighted by molar-refractivity contribution is 6.01. The molecular formula is C18H24N2O. The van der Waals surface area contributed by atoms with E-state index in [1.807, 2.05) is 26.0 Å². The third-order valence-corrected chi connectivity index (χ3v) is 4.80. The number of hydrogen-bond acceptors (Lipinski definition) is 2. The average molecular weight is 284 g/mol. The van der Waals surface area contributed by atoms with Crippen LogP contribution in [0.2, 0.25) is 0 Å². The van der Waals surface area contributed by atoms with Gasteiger partial charge in [0.15, 0.2) is 5.78 Å². The molecule has 0 amide bonds. The van der Waals surface area contributed by atoms with Gasteiger partial charge in [-0.2, -0.15) is 5.10 Å². The highest BCUT2D eigenvalue weighted by Crippen LogP contribution is 2.27. The lowest BCUT2D eigenvalue weighted by atomic mass is 9.89. The predicted molar refractivity (Wildman–Crippen MR) is 85.7 cm³/mol. The summed E-state index contributed by atoms with van der Waals surface area (Å²) in [5.41, 5.74) is 2.94. The molecule has 1 aliphatic carbocycles. The molecule has 1 aromatic heterocycles. The number of Topliss-reactive ketones (excluding diaryl/α,β-unsaturated/α-hetero) is 1. The van der Waals surface area contributed by atoms with Gasteiger partial charge in [-0.1, -0.05) is 26.2 Å². The van der Waals surface area contributed by atoms with E-state index in [2.05, 4.69) is 10.9 Å². The van der Waals surface area contributed by atoms with Crippen molar-refractivity contribution in [1.29, 1.82) is 0 Å². The van der Waals surface area contributed by atoms with E-state index in [9.17, 15) is 4.79 Å². The normalized spacial score (nSPS) is 16.5. The first-order chi connectivity index (χ1) is 10.2. The van der Waals surface area contributed by atoms with Crippen molar-refractivity contribution >= 4 is 16.7 Å². The second-order valence-corrected chi connectivity index (χ2v) is 6.30. The second-order valence-electron chi connectivity index (χ2n) is 6.30. The fourth-order valence-electron chi connectivity index (χ4n) is 3.50. The second kappa shape index (κ2) is 6.00. The number of carbonyl (C=O) groups excluding carboxylic acids is 1. The highest BCUT2D eigenvalue weighted by Gasteiger charge is 2.16. The molecule has 0 radical (unpaired) electrons. The van der Waals surface area contributed by atoms with Crippen molar-refractivity contribution in [3.8, 4) is 0 Å². The van der Waals surface area contributed by atoms with E-state index >= 15 is 0 Å². The molecule has 2 aromatic rings. The van der Waals surface area contributed by atoms with Gasteiger partial charge in [0.05, 0.1) is 5.52 Å². The van der Waals surface area contributed by atoms with Crippen molar-refractivity contribution in [2.75, 3.05) is 0 Å². The summed E-state index contributed by atoms with van der Waals surface area (Å²) in [5, 5.41) is 5.83. The number of nitrogens with zero attached hydrogens (tertiary/aromatic N) is 2. The van der Waals surface area contributed by atoms with Gasteiger partial charge in [-0.15, -0.1) is 0 Å². The van der Waals surface area contributed by atoms with Gasteiger partial charge in [-0.25, -0.2) is 0 Å². The first-order valence-corrected chi connectivity index (χ1v) is 8.19. The van der Waals surface area contributed by atoms with Gasteiger partial charge in [0.1, 0.15) is 0 Å². The summed E-state index contributed by atoms with van der Waals surface area (Å²) in [4.78, 5) is 12.0. The minimum Gasteiger partial charge on any atom is -0.294 e. The molecule has 1 saturated carbocycles. The van der Waals surface area contributed by atoms with Crippen LogP contribution in [0.4, 0.5) is 0 Å². The van der Waals surface area contributed by atoms with Crippen LogP contribution in [0.25, 0.3) is 10.9 Å². The van der Waals surface area contributed by atoms with E-state index in [1.165, 1.54) is 32.1 Å². The number of fused-ring (bicyclic) bond motifs is 1. The van der Waals surface area contributed by atoms with Gasteiger partial charge in [0, 0.05) is 30.1 Å². The number of aromatic nitrogens is 2. The zero-order chi connectivity index (χ0) is 14.8. The summed E-state index contributed by atoms with van der Waals surface area (Å²) in [6.45, 7) is 4.97. The summed E-state index contributed by atoms with van der Waals surface area (Å²) in [7, 11) is 0. The Balaban J connectivity index is 1.89. The molecule has 0 atom stereocenters. The lowest BCUT2D eigenvalue weighted by Crippen LogP contribution is -2.14. The van der Waals surface area contributed by atoms with Crippen molar-refractivity contribution < 1.29 is 4.79 Å². The summed E-state index contributed by atoms with van der Waals surface area (Å²) in [6, 6.07) is 3.92. The SMILES string of the molecule is CCC(=O)c1ccc2nn(CC3CCCCC3)cc2c1C. The Bertz CT molecular complexity index is 651. The van der Waals surface area contributed by atoms with E-state index in [-0.39, 0.29) is 5.78 Å². The predicted octanol–water partition coefficient (Wildman–Crippen LogP) is 4.52. The molecule has 0 N–H and O–H groups in total. The quantitative estimate of drug-likeness (QED) is 0.774. The van der Waals surface area contributed by atoms with E-state index in [0.717, 1.165) is 34.5 Å². The molecule has 0 unspecified atom stereocenters. The number of carbonyl (C=O) groups is 1. The molecule has 3 nitrogen and oxygen atoms in total. The Morgan fingerprint density at radius 1 is 1.29 bits per heavy atom. The number of ketones is 1. The fourth-order valence-corrected chi connectivity index (χ4v) is 3.50. The topological polar surface area (TPSA) is 34.9 Å². The Hall–Kier alpha value is -1.64. The molecular weight excluding hydrogens is 260 g/mol. The van der Waals surface area contributed by atoms with E-state index < -0.39 is 0 Å². The standard InChI is InChI=1S/C18H24N2O/c1-3-18(21)15-9-10-17-16(13(15)2)12-20(19-17)11-14-7-5-4-6-8-14/h9-10,12,14H,3-8,11H2,1-2H3. The van der Waals surface area contributed by atoms with Crippen LogP contribution < -0.4 is 0 Å². The van der Waals surface area contributed by atoms with Crippen LogP contribution in [0, 0.1) is 12.8 Å². The zero-order valence-electron chi connectivity index (χ0n) is 13.1. The summed E-state index contributed by atoms with van der Waals surface area (Å²) in [6.07, 6.45) is 9.45. The van der Waals surface area contributed by atoms with Crippen LogP contribution in [-0.4, -0.2) is 15.6 Å². The third kappa shape index (κ3) is 2.87. The number of benzene rings is 1. The molecule has 0 spiro atoms. The van der Waals surface area contributed by atoms with Crippen LogP contribution in [0.15, 0.2) is 18.3 Å². The van der Waals surface area contributed by atoms with Gasteiger partial charge in [0.25, 0.3) is 0 Å². The van der Waals surface area contributed by atoms with Crippen molar-refractivity contribution in [3.63, 3.8) is 0 Å². The smallest absolute Gasteiger partial charge is 0.162 e. The van der Waals surface area contributed by atoms with Crippen LogP contribution in [-0.2, 0) is 6.54 Å². The van der Waals surface area contributed by atoms with Crippen molar-refractivity contribution in [2.24, 2.45) is 5.92 Å². The molecule has 1 fully saturated rings. The molecule has 0 aliphatic heterocycles. The van der Waals surface area contributed by atoms with Crippen LogP contribution in [0.3, 0.4) is 0 Å². The van der Waals surface area contributed by atoms with Crippen molar-refractivity contribution in [1.82, 2.24) is 9.78 Å². The van der Waals surface area contributed by atoms with Crippen molar-refractivity contribution in [3.05, 3.63) is 29.5 Å². The molecule has 21 heavy (non-hydrogen) atoms. The number of aryl methyl sites for hydroxylation is 1. The molecule has 1 aliphatic rings. The highest BCUT2D eigenvalue weighted by atomic mass is 16.1. The molecule has 112 valence electrons. The Kier molecular flexibility index (Phi) is 4.09. The van der Waals surface area contributed by atoms with Gasteiger partial charge in [-0.3, -0.25) is 9.48 Å². The molecule has 3 rings (SSSR count). The monoisotopic (exact) mass is 284 g/mol. The lowest BCUT2D eigenvalue weighted by molar-refractivity contribution is 0.0987.